The minimum absolute atomic E-state index is 0.209. The van der Waals surface area contributed by atoms with E-state index < -0.39 is 0 Å². The summed E-state index contributed by atoms with van der Waals surface area (Å²) in [6.45, 7) is 7.01. The van der Waals surface area contributed by atoms with E-state index in [2.05, 4.69) is 13.8 Å². The first-order valence-electron chi connectivity index (χ1n) is 7.28. The molecule has 1 amide bonds. The second-order valence-corrected chi connectivity index (χ2v) is 5.93. The molecule has 0 radical (unpaired) electrons. The maximum atomic E-state index is 11.8. The first-order chi connectivity index (χ1) is 9.58. The van der Waals surface area contributed by atoms with Crippen LogP contribution in [0.5, 0.6) is 5.75 Å². The van der Waals surface area contributed by atoms with Gasteiger partial charge in [-0.15, -0.1) is 0 Å². The van der Waals surface area contributed by atoms with Crippen LogP contribution in [0, 0.1) is 11.8 Å². The summed E-state index contributed by atoms with van der Waals surface area (Å²) < 4.78 is 5.65. The van der Waals surface area contributed by atoms with Crippen LogP contribution in [0.2, 0.25) is 0 Å². The van der Waals surface area contributed by atoms with Gasteiger partial charge in [0.05, 0.1) is 6.61 Å². The second kappa shape index (κ2) is 6.75. The van der Waals surface area contributed by atoms with Gasteiger partial charge in [0, 0.05) is 19.5 Å². The van der Waals surface area contributed by atoms with Crippen molar-refractivity contribution in [1.82, 2.24) is 4.90 Å². The SMILES string of the molecule is CC(C)COc1ccc(CN2CC(CN)CC2=O)cc1. The van der Waals surface area contributed by atoms with E-state index in [1.165, 1.54) is 0 Å². The molecule has 0 aromatic heterocycles. The number of carbonyl (C=O) groups excluding carboxylic acids is 1. The largest absolute Gasteiger partial charge is 0.493 e. The molecule has 0 saturated carbocycles. The molecule has 110 valence electrons. The summed E-state index contributed by atoms with van der Waals surface area (Å²) in [5.74, 6) is 1.93. The van der Waals surface area contributed by atoms with Crippen LogP contribution >= 0.6 is 0 Å². The van der Waals surface area contributed by atoms with Crippen LogP contribution in [-0.2, 0) is 11.3 Å². The highest BCUT2D eigenvalue weighted by atomic mass is 16.5. The van der Waals surface area contributed by atoms with E-state index in [4.69, 9.17) is 10.5 Å². The van der Waals surface area contributed by atoms with Crippen molar-refractivity contribution in [2.75, 3.05) is 19.7 Å². The lowest BCUT2D eigenvalue weighted by molar-refractivity contribution is -0.128. The van der Waals surface area contributed by atoms with Gasteiger partial charge >= 0.3 is 0 Å². The van der Waals surface area contributed by atoms with Crippen LogP contribution in [0.25, 0.3) is 0 Å². The highest BCUT2D eigenvalue weighted by Crippen LogP contribution is 2.20. The van der Waals surface area contributed by atoms with Crippen LogP contribution in [0.4, 0.5) is 0 Å². The predicted molar refractivity (Wildman–Crippen MR) is 79.4 cm³/mol. The van der Waals surface area contributed by atoms with Crippen molar-refractivity contribution >= 4 is 5.91 Å². The molecule has 0 bridgehead atoms. The lowest BCUT2D eigenvalue weighted by Crippen LogP contribution is -2.25. The Morgan fingerprint density at radius 2 is 2.05 bits per heavy atom. The fourth-order valence-electron chi connectivity index (χ4n) is 2.34. The topological polar surface area (TPSA) is 55.6 Å². The normalized spacial score (nSPS) is 18.9. The van der Waals surface area contributed by atoms with Crippen LogP contribution < -0.4 is 10.5 Å². The van der Waals surface area contributed by atoms with Crippen molar-refractivity contribution in [3.63, 3.8) is 0 Å². The second-order valence-electron chi connectivity index (χ2n) is 5.93. The van der Waals surface area contributed by atoms with Gasteiger partial charge in [-0.3, -0.25) is 4.79 Å². The average Bonchev–Trinajstić information content (AvgIpc) is 2.78. The minimum atomic E-state index is 0.209. The number of nitrogens with two attached hydrogens (primary N) is 1. The zero-order chi connectivity index (χ0) is 14.5. The first kappa shape index (κ1) is 14.9. The van der Waals surface area contributed by atoms with Crippen LogP contribution in [0.3, 0.4) is 0 Å². The number of nitrogens with zero attached hydrogens (tertiary/aromatic N) is 1. The van der Waals surface area contributed by atoms with Crippen molar-refractivity contribution in [1.29, 1.82) is 0 Å². The van der Waals surface area contributed by atoms with Crippen molar-refractivity contribution in [2.24, 2.45) is 17.6 Å². The Kier molecular flexibility index (Phi) is 5.01. The monoisotopic (exact) mass is 276 g/mol. The van der Waals surface area contributed by atoms with Crippen molar-refractivity contribution in [3.05, 3.63) is 29.8 Å². The molecule has 1 atom stereocenters. The smallest absolute Gasteiger partial charge is 0.223 e. The number of rotatable bonds is 6. The van der Waals surface area contributed by atoms with Gasteiger partial charge in [-0.1, -0.05) is 26.0 Å². The predicted octanol–water partition coefficient (Wildman–Crippen LogP) is 2.03. The zero-order valence-corrected chi connectivity index (χ0v) is 12.3. The molecule has 1 aromatic carbocycles. The zero-order valence-electron chi connectivity index (χ0n) is 12.3. The van der Waals surface area contributed by atoms with Gasteiger partial charge in [0.2, 0.25) is 5.91 Å². The standard InChI is InChI=1S/C16H24N2O2/c1-12(2)11-20-15-5-3-13(4-6-15)9-18-10-14(8-17)7-16(18)19/h3-6,12,14H,7-11,17H2,1-2H3. The van der Waals surface area contributed by atoms with Crippen molar-refractivity contribution < 1.29 is 9.53 Å². The van der Waals surface area contributed by atoms with E-state index in [-0.39, 0.29) is 5.91 Å². The van der Waals surface area contributed by atoms with E-state index in [1.807, 2.05) is 29.2 Å². The van der Waals surface area contributed by atoms with Gasteiger partial charge in [0.25, 0.3) is 0 Å². The third-order valence-electron chi connectivity index (χ3n) is 3.51. The summed E-state index contributed by atoms with van der Waals surface area (Å²) in [6.07, 6.45) is 0.589. The summed E-state index contributed by atoms with van der Waals surface area (Å²) in [5, 5.41) is 0. The Bertz CT molecular complexity index is 442. The molecule has 1 aromatic rings. The number of amides is 1. The molecule has 20 heavy (non-hydrogen) atoms. The molecular weight excluding hydrogens is 252 g/mol. The number of carbonyl (C=O) groups is 1. The van der Waals surface area contributed by atoms with Crippen LogP contribution in [0.15, 0.2) is 24.3 Å². The number of ether oxygens (including phenoxy) is 1. The quantitative estimate of drug-likeness (QED) is 0.865. The fourth-order valence-corrected chi connectivity index (χ4v) is 2.34. The van der Waals surface area contributed by atoms with Gasteiger partial charge in [0.15, 0.2) is 0 Å². The molecule has 1 fully saturated rings. The molecule has 2 N–H and O–H groups in total. The van der Waals surface area contributed by atoms with E-state index in [1.54, 1.807) is 0 Å². The number of likely N-dealkylation sites (tertiary alicyclic amines) is 1. The molecule has 1 unspecified atom stereocenters. The Morgan fingerprint density at radius 3 is 2.60 bits per heavy atom. The third-order valence-corrected chi connectivity index (χ3v) is 3.51. The van der Waals surface area contributed by atoms with Crippen LogP contribution in [0.1, 0.15) is 25.8 Å². The summed E-state index contributed by atoms with van der Waals surface area (Å²) in [5.41, 5.74) is 6.77. The Balaban J connectivity index is 1.89. The molecule has 1 saturated heterocycles. The van der Waals surface area contributed by atoms with Gasteiger partial charge in [-0.25, -0.2) is 0 Å². The maximum Gasteiger partial charge on any atom is 0.223 e. The third kappa shape index (κ3) is 3.97. The first-order valence-corrected chi connectivity index (χ1v) is 7.28. The molecule has 1 heterocycles. The summed E-state index contributed by atoms with van der Waals surface area (Å²) in [6, 6.07) is 7.99. The molecular formula is C16H24N2O2. The lowest BCUT2D eigenvalue weighted by Gasteiger charge is -2.17. The van der Waals surface area contributed by atoms with Gasteiger partial charge < -0.3 is 15.4 Å². The minimum Gasteiger partial charge on any atom is -0.493 e. The Labute approximate surface area is 120 Å². The lowest BCUT2D eigenvalue weighted by atomic mass is 10.1. The summed E-state index contributed by atoms with van der Waals surface area (Å²) >= 11 is 0. The van der Waals surface area contributed by atoms with Gasteiger partial charge in [0.1, 0.15) is 5.75 Å². The van der Waals surface area contributed by atoms with E-state index in [0.29, 0.717) is 31.3 Å². The van der Waals surface area contributed by atoms with E-state index >= 15 is 0 Å². The Hall–Kier alpha value is -1.55. The van der Waals surface area contributed by atoms with Crippen molar-refractivity contribution in [3.8, 4) is 5.75 Å². The summed E-state index contributed by atoms with van der Waals surface area (Å²) in [7, 11) is 0. The van der Waals surface area contributed by atoms with E-state index in [0.717, 1.165) is 24.5 Å². The molecule has 2 rings (SSSR count). The van der Waals surface area contributed by atoms with Crippen molar-refractivity contribution in [2.45, 2.75) is 26.8 Å². The number of hydrogen-bond acceptors (Lipinski definition) is 3. The fraction of sp³-hybridized carbons (Fsp3) is 0.562. The molecule has 1 aliphatic rings. The summed E-state index contributed by atoms with van der Waals surface area (Å²) in [4.78, 5) is 13.7. The number of hydrogen-bond donors (Lipinski definition) is 1. The van der Waals surface area contributed by atoms with Gasteiger partial charge in [-0.05, 0) is 36.1 Å². The Morgan fingerprint density at radius 1 is 1.35 bits per heavy atom. The molecule has 4 nitrogen and oxygen atoms in total. The molecule has 4 heteroatoms. The number of benzene rings is 1. The van der Waals surface area contributed by atoms with Gasteiger partial charge in [-0.2, -0.15) is 0 Å². The highest BCUT2D eigenvalue weighted by molar-refractivity contribution is 5.78. The average molecular weight is 276 g/mol. The molecule has 0 aliphatic carbocycles. The molecule has 0 spiro atoms. The molecule has 1 aliphatic heterocycles. The van der Waals surface area contributed by atoms with Crippen LogP contribution in [-0.4, -0.2) is 30.5 Å². The maximum absolute atomic E-state index is 11.8. The van der Waals surface area contributed by atoms with E-state index in [9.17, 15) is 4.79 Å². The highest BCUT2D eigenvalue weighted by Gasteiger charge is 2.28.